The van der Waals surface area contributed by atoms with Crippen molar-refractivity contribution in [1.29, 1.82) is 0 Å². The molecule has 0 atom stereocenters. The fourth-order valence-corrected chi connectivity index (χ4v) is 4.15. The second-order valence-corrected chi connectivity index (χ2v) is 8.34. The number of benzene rings is 2. The first kappa shape index (κ1) is 23.1. The van der Waals surface area contributed by atoms with E-state index in [1.165, 1.54) is 0 Å². The lowest BCUT2D eigenvalue weighted by Gasteiger charge is -2.35. The fourth-order valence-electron chi connectivity index (χ4n) is 3.98. The lowest BCUT2D eigenvalue weighted by Crippen LogP contribution is -2.41. The SMILES string of the molecule is CN(c1cc(Cl)ccc1N(C=O)Cc1ccc(-c2nnc(C(F)F)o2)cc1)C1CCNCC1. The van der Waals surface area contributed by atoms with Crippen LogP contribution in [-0.2, 0) is 11.3 Å². The van der Waals surface area contributed by atoms with Gasteiger partial charge in [0.2, 0.25) is 12.3 Å². The summed E-state index contributed by atoms with van der Waals surface area (Å²) < 4.78 is 30.4. The number of hydrogen-bond donors (Lipinski definition) is 1. The highest BCUT2D eigenvalue weighted by atomic mass is 35.5. The number of hydrogen-bond acceptors (Lipinski definition) is 6. The molecule has 3 aromatic rings. The first-order valence-corrected chi connectivity index (χ1v) is 11.0. The zero-order valence-electron chi connectivity index (χ0n) is 18.0. The second kappa shape index (κ2) is 10.3. The van der Waals surface area contributed by atoms with Crippen molar-refractivity contribution in [1.82, 2.24) is 15.5 Å². The standard InChI is InChI=1S/C23H24ClF2N5O2/c1-30(18-8-10-27-11-9-18)20-12-17(24)6-7-19(20)31(14-32)13-15-2-4-16(5-3-15)22-28-29-23(33-22)21(25)26/h2-7,12,14,18,21,27H,8-11,13H2,1H3. The quantitative estimate of drug-likeness (QED) is 0.477. The number of amides is 1. The summed E-state index contributed by atoms with van der Waals surface area (Å²) in [6.45, 7) is 2.23. The molecule has 7 nitrogen and oxygen atoms in total. The molecule has 10 heteroatoms. The number of carbonyl (C=O) groups is 1. The summed E-state index contributed by atoms with van der Waals surface area (Å²) in [5.74, 6) is -0.693. The summed E-state index contributed by atoms with van der Waals surface area (Å²) in [4.78, 5) is 15.9. The minimum atomic E-state index is -2.82. The number of nitrogens with one attached hydrogen (secondary N) is 1. The number of rotatable bonds is 8. The van der Waals surface area contributed by atoms with Crippen LogP contribution in [0.3, 0.4) is 0 Å². The first-order chi connectivity index (χ1) is 16.0. The Kier molecular flexibility index (Phi) is 7.20. The third-order valence-electron chi connectivity index (χ3n) is 5.79. The maximum atomic E-state index is 12.7. The number of aromatic nitrogens is 2. The van der Waals surface area contributed by atoms with Crippen LogP contribution in [0.1, 0.15) is 30.7 Å². The largest absolute Gasteiger partial charge is 0.415 e. The first-order valence-electron chi connectivity index (χ1n) is 10.6. The van der Waals surface area contributed by atoms with Gasteiger partial charge in [0.1, 0.15) is 0 Å². The number of carbonyl (C=O) groups excluding carboxylic acids is 1. The van der Waals surface area contributed by atoms with Crippen LogP contribution >= 0.6 is 11.6 Å². The minimum Gasteiger partial charge on any atom is -0.415 e. The van der Waals surface area contributed by atoms with E-state index in [4.69, 9.17) is 16.0 Å². The van der Waals surface area contributed by atoms with Crippen molar-refractivity contribution in [2.24, 2.45) is 0 Å². The van der Waals surface area contributed by atoms with E-state index in [1.807, 2.05) is 19.2 Å². The molecule has 1 aromatic heterocycles. The van der Waals surface area contributed by atoms with Gasteiger partial charge in [-0.15, -0.1) is 10.2 Å². The number of nitrogens with zero attached hydrogens (tertiary/aromatic N) is 4. The van der Waals surface area contributed by atoms with E-state index in [2.05, 4.69) is 20.4 Å². The number of halogens is 3. The molecule has 33 heavy (non-hydrogen) atoms. The van der Waals surface area contributed by atoms with Crippen LogP contribution in [-0.4, -0.2) is 42.8 Å². The molecule has 1 amide bonds. The van der Waals surface area contributed by atoms with Crippen molar-refractivity contribution >= 4 is 29.4 Å². The van der Waals surface area contributed by atoms with E-state index < -0.39 is 12.3 Å². The van der Waals surface area contributed by atoms with Crippen molar-refractivity contribution in [3.8, 4) is 11.5 Å². The topological polar surface area (TPSA) is 74.5 Å². The maximum absolute atomic E-state index is 12.7. The second-order valence-electron chi connectivity index (χ2n) is 7.90. The molecule has 2 aromatic carbocycles. The Labute approximate surface area is 195 Å². The highest BCUT2D eigenvalue weighted by Gasteiger charge is 2.23. The van der Waals surface area contributed by atoms with Crippen LogP contribution in [0.5, 0.6) is 0 Å². The molecule has 174 valence electrons. The Balaban J connectivity index is 1.54. The van der Waals surface area contributed by atoms with Gasteiger partial charge < -0.3 is 19.5 Å². The Bertz CT molecular complexity index is 1090. The van der Waals surface area contributed by atoms with Gasteiger partial charge in [-0.2, -0.15) is 8.78 Å². The Morgan fingerprint density at radius 2 is 1.88 bits per heavy atom. The van der Waals surface area contributed by atoms with Crippen molar-refractivity contribution in [2.45, 2.75) is 31.9 Å². The van der Waals surface area contributed by atoms with E-state index in [0.717, 1.165) is 49.3 Å². The molecule has 0 radical (unpaired) electrons. The van der Waals surface area contributed by atoms with E-state index in [9.17, 15) is 13.6 Å². The van der Waals surface area contributed by atoms with E-state index in [1.54, 1.807) is 35.2 Å². The summed E-state index contributed by atoms with van der Waals surface area (Å²) in [5.41, 5.74) is 3.03. The van der Waals surface area contributed by atoms with Gasteiger partial charge in [0.05, 0.1) is 17.9 Å². The molecular weight excluding hydrogens is 452 g/mol. The van der Waals surface area contributed by atoms with Gasteiger partial charge in [-0.1, -0.05) is 23.7 Å². The number of anilines is 2. The summed E-state index contributed by atoms with van der Waals surface area (Å²) in [6, 6.07) is 12.8. The van der Waals surface area contributed by atoms with Crippen LogP contribution in [0.15, 0.2) is 46.9 Å². The molecule has 1 fully saturated rings. The van der Waals surface area contributed by atoms with Crippen molar-refractivity contribution < 1.29 is 18.0 Å². The Morgan fingerprint density at radius 3 is 2.52 bits per heavy atom. The average Bonchev–Trinajstić information content (AvgIpc) is 3.34. The van der Waals surface area contributed by atoms with E-state index in [0.29, 0.717) is 23.2 Å². The molecule has 1 saturated heterocycles. The molecule has 1 aliphatic heterocycles. The van der Waals surface area contributed by atoms with Crippen LogP contribution in [0.25, 0.3) is 11.5 Å². The third-order valence-corrected chi connectivity index (χ3v) is 6.03. The predicted octanol–water partition coefficient (Wildman–Crippen LogP) is 4.68. The molecule has 0 saturated carbocycles. The Morgan fingerprint density at radius 1 is 1.15 bits per heavy atom. The summed E-state index contributed by atoms with van der Waals surface area (Å²) in [5, 5.41) is 11.0. The predicted molar refractivity (Wildman–Crippen MR) is 123 cm³/mol. The maximum Gasteiger partial charge on any atom is 0.314 e. The zero-order valence-corrected chi connectivity index (χ0v) is 18.8. The van der Waals surface area contributed by atoms with Gasteiger partial charge in [-0.25, -0.2) is 0 Å². The summed E-state index contributed by atoms with van der Waals surface area (Å²) in [7, 11) is 2.03. The van der Waals surface area contributed by atoms with Crippen molar-refractivity contribution in [2.75, 3.05) is 29.9 Å². The highest BCUT2D eigenvalue weighted by Crippen LogP contribution is 2.34. The van der Waals surface area contributed by atoms with Gasteiger partial charge in [0, 0.05) is 23.7 Å². The molecule has 0 aliphatic carbocycles. The summed E-state index contributed by atoms with van der Waals surface area (Å²) >= 11 is 6.29. The average molecular weight is 476 g/mol. The van der Waals surface area contributed by atoms with Crippen LogP contribution in [0.2, 0.25) is 5.02 Å². The molecule has 0 spiro atoms. The minimum absolute atomic E-state index is 0.0210. The van der Waals surface area contributed by atoms with Gasteiger partial charge >= 0.3 is 6.43 Å². The van der Waals surface area contributed by atoms with Gasteiger partial charge in [-0.05, 0) is 61.8 Å². The normalized spacial score (nSPS) is 14.5. The third kappa shape index (κ3) is 5.31. The van der Waals surface area contributed by atoms with Gasteiger partial charge in [0.25, 0.3) is 5.89 Å². The molecule has 2 heterocycles. The lowest BCUT2D eigenvalue weighted by molar-refractivity contribution is -0.107. The molecule has 4 rings (SSSR count). The van der Waals surface area contributed by atoms with Gasteiger partial charge in [-0.3, -0.25) is 4.79 Å². The lowest BCUT2D eigenvalue weighted by atomic mass is 10.0. The van der Waals surface area contributed by atoms with Gasteiger partial charge in [0.15, 0.2) is 0 Å². The number of alkyl halides is 2. The molecule has 1 N–H and O–H groups in total. The van der Waals surface area contributed by atoms with Crippen molar-refractivity contribution in [3.63, 3.8) is 0 Å². The fraction of sp³-hybridized carbons (Fsp3) is 0.348. The van der Waals surface area contributed by atoms with E-state index in [-0.39, 0.29) is 5.89 Å². The smallest absolute Gasteiger partial charge is 0.314 e. The molecular formula is C23H24ClF2N5O2. The van der Waals surface area contributed by atoms with Crippen LogP contribution in [0.4, 0.5) is 20.2 Å². The van der Waals surface area contributed by atoms with Crippen LogP contribution in [0, 0.1) is 0 Å². The van der Waals surface area contributed by atoms with Crippen molar-refractivity contribution in [3.05, 3.63) is 58.9 Å². The van der Waals surface area contributed by atoms with Crippen LogP contribution < -0.4 is 15.1 Å². The summed E-state index contributed by atoms with van der Waals surface area (Å²) in [6.07, 6.45) is -0.00519. The zero-order chi connectivity index (χ0) is 23.4. The number of piperidine rings is 1. The highest BCUT2D eigenvalue weighted by molar-refractivity contribution is 6.31. The molecule has 1 aliphatic rings. The Hall–Kier alpha value is -3.04. The molecule has 0 bridgehead atoms. The van der Waals surface area contributed by atoms with E-state index >= 15 is 0 Å². The molecule has 0 unspecified atom stereocenters. The monoisotopic (exact) mass is 475 g/mol.